The van der Waals surface area contributed by atoms with Crippen LogP contribution in [-0.4, -0.2) is 48.3 Å². The molecule has 2 rings (SSSR count). The second-order valence-electron chi connectivity index (χ2n) is 4.69. The Hall–Kier alpha value is -0.690. The molecule has 0 aromatic rings. The molecule has 2 aliphatic heterocycles. The largest absolute Gasteiger partial charge is 0.392 e. The van der Waals surface area contributed by atoms with Gasteiger partial charge < -0.3 is 10.6 Å². The van der Waals surface area contributed by atoms with Crippen molar-refractivity contribution in [3.8, 4) is 0 Å². The van der Waals surface area contributed by atoms with Crippen LogP contribution in [0.25, 0.3) is 0 Å². The summed E-state index contributed by atoms with van der Waals surface area (Å²) in [5, 5.41) is 0. The zero-order valence-electron chi connectivity index (χ0n) is 9.46. The van der Waals surface area contributed by atoms with E-state index in [1.807, 2.05) is 0 Å². The van der Waals surface area contributed by atoms with E-state index >= 15 is 0 Å². The molecule has 0 aliphatic carbocycles. The number of sulfone groups is 1. The molecule has 0 aromatic heterocycles. The van der Waals surface area contributed by atoms with Crippen LogP contribution in [0.3, 0.4) is 0 Å². The molecule has 0 aromatic carbocycles. The monoisotopic (exact) mass is 276 g/mol. The van der Waals surface area contributed by atoms with Gasteiger partial charge in [-0.3, -0.25) is 4.79 Å². The Morgan fingerprint density at radius 1 is 1.35 bits per heavy atom. The smallest absolute Gasteiger partial charge is 0.227 e. The molecule has 5 nitrogen and oxygen atoms in total. The SMILES string of the molecule is NC(=S)C1CCCN1C(=O)C1CCS(=O)(=O)C1. The van der Waals surface area contributed by atoms with E-state index in [9.17, 15) is 13.2 Å². The number of thiocarbonyl (C=S) groups is 1. The first-order valence-electron chi connectivity index (χ1n) is 5.71. The van der Waals surface area contributed by atoms with E-state index in [4.69, 9.17) is 18.0 Å². The van der Waals surface area contributed by atoms with E-state index in [0.29, 0.717) is 18.0 Å². The molecule has 1 amide bonds. The maximum absolute atomic E-state index is 12.2. The van der Waals surface area contributed by atoms with Crippen molar-refractivity contribution in [3.05, 3.63) is 0 Å². The van der Waals surface area contributed by atoms with Crippen LogP contribution in [0.2, 0.25) is 0 Å². The highest BCUT2D eigenvalue weighted by Gasteiger charge is 2.39. The van der Waals surface area contributed by atoms with Crippen molar-refractivity contribution in [2.75, 3.05) is 18.1 Å². The minimum atomic E-state index is -3.02. The van der Waals surface area contributed by atoms with E-state index in [2.05, 4.69) is 0 Å². The Labute approximate surface area is 106 Å². The first kappa shape index (κ1) is 12.8. The van der Waals surface area contributed by atoms with Gasteiger partial charge >= 0.3 is 0 Å². The zero-order valence-corrected chi connectivity index (χ0v) is 11.1. The number of nitrogens with zero attached hydrogens (tertiary/aromatic N) is 1. The van der Waals surface area contributed by atoms with Crippen molar-refractivity contribution >= 4 is 33.0 Å². The van der Waals surface area contributed by atoms with E-state index in [1.165, 1.54) is 0 Å². The zero-order chi connectivity index (χ0) is 12.6. The normalized spacial score (nSPS) is 31.6. The second-order valence-corrected chi connectivity index (χ2v) is 7.39. The second kappa shape index (κ2) is 4.53. The van der Waals surface area contributed by atoms with Gasteiger partial charge in [0.2, 0.25) is 5.91 Å². The fourth-order valence-electron chi connectivity index (χ4n) is 2.55. The first-order chi connectivity index (χ1) is 7.91. The van der Waals surface area contributed by atoms with Crippen molar-refractivity contribution in [2.45, 2.75) is 25.3 Å². The van der Waals surface area contributed by atoms with Gasteiger partial charge in [0.25, 0.3) is 0 Å². The van der Waals surface area contributed by atoms with Gasteiger partial charge in [0.15, 0.2) is 9.84 Å². The van der Waals surface area contributed by atoms with Gasteiger partial charge in [0.05, 0.1) is 28.5 Å². The molecule has 2 atom stereocenters. The highest BCUT2D eigenvalue weighted by atomic mass is 32.2. The number of amides is 1. The molecule has 2 N–H and O–H groups in total. The molecule has 2 unspecified atom stereocenters. The third kappa shape index (κ3) is 2.60. The summed E-state index contributed by atoms with van der Waals surface area (Å²) < 4.78 is 22.7. The fraction of sp³-hybridized carbons (Fsp3) is 0.800. The van der Waals surface area contributed by atoms with E-state index in [0.717, 1.165) is 12.8 Å². The Bertz CT molecular complexity index is 446. The van der Waals surface area contributed by atoms with Gasteiger partial charge in [0.1, 0.15) is 0 Å². The summed E-state index contributed by atoms with van der Waals surface area (Å²) >= 11 is 4.94. The lowest BCUT2D eigenvalue weighted by molar-refractivity contribution is -0.134. The molecule has 2 fully saturated rings. The van der Waals surface area contributed by atoms with E-state index in [1.54, 1.807) is 4.90 Å². The van der Waals surface area contributed by atoms with Crippen LogP contribution >= 0.6 is 12.2 Å². The maximum atomic E-state index is 12.2. The van der Waals surface area contributed by atoms with E-state index in [-0.39, 0.29) is 23.5 Å². The molecule has 0 spiro atoms. The van der Waals surface area contributed by atoms with Gasteiger partial charge in [-0.15, -0.1) is 0 Å². The number of carbonyl (C=O) groups is 1. The molecule has 2 heterocycles. The molecule has 0 radical (unpaired) electrons. The van der Waals surface area contributed by atoms with Crippen LogP contribution in [0.15, 0.2) is 0 Å². The van der Waals surface area contributed by atoms with Gasteiger partial charge in [-0.25, -0.2) is 8.42 Å². The van der Waals surface area contributed by atoms with Gasteiger partial charge in [0, 0.05) is 6.54 Å². The number of hydrogen-bond acceptors (Lipinski definition) is 4. The molecule has 0 saturated carbocycles. The minimum Gasteiger partial charge on any atom is -0.392 e. The topological polar surface area (TPSA) is 80.5 Å². The van der Waals surface area contributed by atoms with Crippen molar-refractivity contribution in [1.82, 2.24) is 4.90 Å². The van der Waals surface area contributed by atoms with E-state index < -0.39 is 15.8 Å². The average molecular weight is 276 g/mol. The van der Waals surface area contributed by atoms with Crippen LogP contribution in [0.1, 0.15) is 19.3 Å². The molecule has 2 aliphatic rings. The van der Waals surface area contributed by atoms with Gasteiger partial charge in [-0.05, 0) is 19.3 Å². The van der Waals surface area contributed by atoms with Crippen molar-refractivity contribution < 1.29 is 13.2 Å². The lowest BCUT2D eigenvalue weighted by Gasteiger charge is -2.26. The highest BCUT2D eigenvalue weighted by molar-refractivity contribution is 7.91. The predicted molar refractivity (Wildman–Crippen MR) is 68.3 cm³/mol. The van der Waals surface area contributed by atoms with Gasteiger partial charge in [-0.1, -0.05) is 12.2 Å². The first-order valence-corrected chi connectivity index (χ1v) is 7.94. The van der Waals surface area contributed by atoms with Crippen molar-refractivity contribution in [1.29, 1.82) is 0 Å². The molecule has 2 saturated heterocycles. The third-order valence-electron chi connectivity index (χ3n) is 3.45. The highest BCUT2D eigenvalue weighted by Crippen LogP contribution is 2.25. The minimum absolute atomic E-state index is 0.0214. The lowest BCUT2D eigenvalue weighted by atomic mass is 10.1. The molecule has 7 heteroatoms. The molecular weight excluding hydrogens is 260 g/mol. The standard InChI is InChI=1S/C10H16N2O3S2/c11-9(16)8-2-1-4-12(8)10(13)7-3-5-17(14,15)6-7/h7-8H,1-6H2,(H2,11,16). The summed E-state index contributed by atoms with van der Waals surface area (Å²) in [6.45, 7) is 0.636. The number of nitrogens with two attached hydrogens (primary N) is 1. The number of likely N-dealkylation sites (tertiary alicyclic amines) is 1. The number of rotatable bonds is 2. The Kier molecular flexibility index (Phi) is 3.40. The Morgan fingerprint density at radius 3 is 2.59 bits per heavy atom. The maximum Gasteiger partial charge on any atom is 0.227 e. The summed E-state index contributed by atoms with van der Waals surface area (Å²) in [4.78, 5) is 14.2. The quantitative estimate of drug-likeness (QED) is 0.700. The summed E-state index contributed by atoms with van der Waals surface area (Å²) in [7, 11) is -3.02. The van der Waals surface area contributed by atoms with Crippen molar-refractivity contribution in [3.63, 3.8) is 0 Å². The number of carbonyl (C=O) groups excluding carboxylic acids is 1. The van der Waals surface area contributed by atoms with Crippen LogP contribution in [0.4, 0.5) is 0 Å². The predicted octanol–water partition coefficient (Wildman–Crippen LogP) is -0.302. The van der Waals surface area contributed by atoms with Crippen LogP contribution in [-0.2, 0) is 14.6 Å². The third-order valence-corrected chi connectivity index (χ3v) is 5.49. The van der Waals surface area contributed by atoms with Crippen LogP contribution < -0.4 is 5.73 Å². The summed E-state index contributed by atoms with van der Waals surface area (Å²) in [6, 6.07) is -0.180. The summed E-state index contributed by atoms with van der Waals surface area (Å²) in [5.41, 5.74) is 5.60. The molecular formula is C10H16N2O3S2. The number of hydrogen-bond donors (Lipinski definition) is 1. The average Bonchev–Trinajstić information content (AvgIpc) is 2.82. The molecule has 0 bridgehead atoms. The Balaban J connectivity index is 2.08. The lowest BCUT2D eigenvalue weighted by Crippen LogP contribution is -2.45. The summed E-state index contributed by atoms with van der Waals surface area (Å²) in [6.07, 6.45) is 2.11. The van der Waals surface area contributed by atoms with Crippen molar-refractivity contribution in [2.24, 2.45) is 11.7 Å². The van der Waals surface area contributed by atoms with Crippen LogP contribution in [0, 0.1) is 5.92 Å². The molecule has 96 valence electrons. The summed E-state index contributed by atoms with van der Waals surface area (Å²) in [5.74, 6) is -0.391. The Morgan fingerprint density at radius 2 is 2.06 bits per heavy atom. The van der Waals surface area contributed by atoms with Crippen LogP contribution in [0.5, 0.6) is 0 Å². The fourth-order valence-corrected chi connectivity index (χ4v) is 4.53. The van der Waals surface area contributed by atoms with Gasteiger partial charge in [-0.2, -0.15) is 0 Å². The molecule has 17 heavy (non-hydrogen) atoms.